The van der Waals surface area contributed by atoms with E-state index in [1.807, 2.05) is 48.5 Å². The SMILES string of the molecule is O=C1O[C@@H](COCc2ccccc2)C[C@@H]2CCN(Cc3ccccc3)[C@H]12. The summed E-state index contributed by atoms with van der Waals surface area (Å²) in [5.41, 5.74) is 2.39. The zero-order valence-electron chi connectivity index (χ0n) is 14.9. The van der Waals surface area contributed by atoms with E-state index in [0.29, 0.717) is 19.1 Å². The van der Waals surface area contributed by atoms with Crippen LogP contribution in [0.2, 0.25) is 0 Å². The number of rotatable bonds is 6. The second kappa shape index (κ2) is 8.02. The van der Waals surface area contributed by atoms with Crippen molar-refractivity contribution in [3.63, 3.8) is 0 Å². The maximum Gasteiger partial charge on any atom is 0.324 e. The average Bonchev–Trinajstić information content (AvgIpc) is 3.07. The van der Waals surface area contributed by atoms with E-state index in [1.165, 1.54) is 5.56 Å². The summed E-state index contributed by atoms with van der Waals surface area (Å²) in [6.07, 6.45) is 1.84. The molecule has 0 spiro atoms. The number of benzene rings is 2. The maximum atomic E-state index is 12.6. The molecule has 0 radical (unpaired) electrons. The molecule has 2 aromatic rings. The number of hydrogen-bond donors (Lipinski definition) is 0. The quantitative estimate of drug-likeness (QED) is 0.748. The zero-order valence-corrected chi connectivity index (χ0v) is 14.9. The van der Waals surface area contributed by atoms with Gasteiger partial charge in [0.2, 0.25) is 0 Å². The Bertz CT molecular complexity index is 719. The number of esters is 1. The average molecular weight is 351 g/mol. The second-order valence-electron chi connectivity index (χ2n) is 7.24. The Morgan fingerprint density at radius 3 is 2.42 bits per heavy atom. The van der Waals surface area contributed by atoms with E-state index in [1.54, 1.807) is 0 Å². The summed E-state index contributed by atoms with van der Waals surface area (Å²) in [5, 5.41) is 0. The number of hydrogen-bond acceptors (Lipinski definition) is 4. The maximum absolute atomic E-state index is 12.6. The molecular formula is C22H25NO3. The zero-order chi connectivity index (χ0) is 17.8. The number of carbonyl (C=O) groups excluding carboxylic acids is 1. The molecule has 4 rings (SSSR count). The van der Waals surface area contributed by atoms with Crippen molar-refractivity contribution in [2.45, 2.75) is 38.1 Å². The summed E-state index contributed by atoms with van der Waals surface area (Å²) in [4.78, 5) is 14.9. The normalized spacial score (nSPS) is 25.7. The van der Waals surface area contributed by atoms with Crippen LogP contribution in [0.15, 0.2) is 60.7 Å². The van der Waals surface area contributed by atoms with Crippen LogP contribution < -0.4 is 0 Å². The summed E-state index contributed by atoms with van der Waals surface area (Å²) in [6.45, 7) is 2.80. The molecule has 2 aliphatic heterocycles. The highest BCUT2D eigenvalue weighted by Crippen LogP contribution is 2.35. The highest BCUT2D eigenvalue weighted by atomic mass is 16.6. The third-order valence-corrected chi connectivity index (χ3v) is 5.36. The third kappa shape index (κ3) is 3.97. The molecule has 26 heavy (non-hydrogen) atoms. The van der Waals surface area contributed by atoms with Crippen LogP contribution in [0.1, 0.15) is 24.0 Å². The number of ether oxygens (including phenoxy) is 2. The van der Waals surface area contributed by atoms with Crippen LogP contribution in [0.5, 0.6) is 0 Å². The van der Waals surface area contributed by atoms with Gasteiger partial charge in [-0.15, -0.1) is 0 Å². The van der Waals surface area contributed by atoms with Crippen molar-refractivity contribution in [3.05, 3.63) is 71.8 Å². The summed E-state index contributed by atoms with van der Waals surface area (Å²) in [7, 11) is 0. The Labute approximate surface area is 154 Å². The van der Waals surface area contributed by atoms with E-state index in [-0.39, 0.29) is 18.1 Å². The smallest absolute Gasteiger partial charge is 0.324 e. The van der Waals surface area contributed by atoms with Crippen molar-refractivity contribution in [2.75, 3.05) is 13.2 Å². The molecule has 3 atom stereocenters. The van der Waals surface area contributed by atoms with E-state index in [2.05, 4.69) is 17.0 Å². The van der Waals surface area contributed by atoms with Crippen LogP contribution in [0, 0.1) is 5.92 Å². The molecule has 0 N–H and O–H groups in total. The lowest BCUT2D eigenvalue weighted by Gasteiger charge is -2.34. The minimum atomic E-state index is -0.121. The van der Waals surface area contributed by atoms with Crippen molar-refractivity contribution in [3.8, 4) is 0 Å². The minimum Gasteiger partial charge on any atom is -0.459 e. The Balaban J connectivity index is 1.30. The number of likely N-dealkylation sites (tertiary alicyclic amines) is 1. The van der Waals surface area contributed by atoms with E-state index in [4.69, 9.17) is 9.47 Å². The Kier molecular flexibility index (Phi) is 5.32. The van der Waals surface area contributed by atoms with Gasteiger partial charge in [0.1, 0.15) is 12.1 Å². The Hall–Kier alpha value is -2.17. The molecular weight excluding hydrogens is 326 g/mol. The number of nitrogens with zero attached hydrogens (tertiary/aromatic N) is 1. The first-order valence-corrected chi connectivity index (χ1v) is 9.40. The predicted molar refractivity (Wildman–Crippen MR) is 99.3 cm³/mol. The molecule has 2 fully saturated rings. The van der Waals surface area contributed by atoms with Gasteiger partial charge in [0, 0.05) is 6.54 Å². The number of cyclic esters (lactones) is 1. The van der Waals surface area contributed by atoms with Crippen LogP contribution >= 0.6 is 0 Å². The lowest BCUT2D eigenvalue weighted by Crippen LogP contribution is -2.47. The first-order valence-electron chi connectivity index (χ1n) is 9.40. The van der Waals surface area contributed by atoms with Crippen molar-refractivity contribution >= 4 is 5.97 Å². The van der Waals surface area contributed by atoms with Crippen LogP contribution in [-0.4, -0.2) is 36.2 Å². The van der Waals surface area contributed by atoms with Gasteiger partial charge in [-0.2, -0.15) is 0 Å². The highest BCUT2D eigenvalue weighted by molar-refractivity contribution is 5.77. The molecule has 2 heterocycles. The van der Waals surface area contributed by atoms with E-state index in [0.717, 1.165) is 31.5 Å². The topological polar surface area (TPSA) is 38.8 Å². The van der Waals surface area contributed by atoms with Crippen molar-refractivity contribution < 1.29 is 14.3 Å². The van der Waals surface area contributed by atoms with E-state index < -0.39 is 0 Å². The molecule has 0 saturated carbocycles. The van der Waals surface area contributed by atoms with Gasteiger partial charge in [0.25, 0.3) is 0 Å². The van der Waals surface area contributed by atoms with Gasteiger partial charge in [0.15, 0.2) is 0 Å². The lowest BCUT2D eigenvalue weighted by atomic mass is 9.91. The fraction of sp³-hybridized carbons (Fsp3) is 0.409. The molecule has 136 valence electrons. The lowest BCUT2D eigenvalue weighted by molar-refractivity contribution is -0.168. The Morgan fingerprint density at radius 1 is 1.00 bits per heavy atom. The summed E-state index contributed by atoms with van der Waals surface area (Å²) in [6, 6.07) is 20.3. The molecule has 0 bridgehead atoms. The fourth-order valence-corrected chi connectivity index (χ4v) is 4.11. The molecule has 0 unspecified atom stereocenters. The number of carbonyl (C=O) groups is 1. The summed E-state index contributed by atoms with van der Waals surface area (Å²) in [5.74, 6) is 0.299. The molecule has 0 aromatic heterocycles. The van der Waals surface area contributed by atoms with Crippen molar-refractivity contribution in [1.29, 1.82) is 0 Å². The predicted octanol–water partition coefficient (Wildman–Crippen LogP) is 3.41. The molecule has 4 nitrogen and oxygen atoms in total. The van der Waals surface area contributed by atoms with E-state index >= 15 is 0 Å². The van der Waals surface area contributed by atoms with Crippen LogP contribution in [0.25, 0.3) is 0 Å². The van der Waals surface area contributed by atoms with Gasteiger partial charge in [-0.25, -0.2) is 0 Å². The van der Waals surface area contributed by atoms with Gasteiger partial charge in [-0.3, -0.25) is 9.69 Å². The molecule has 0 aliphatic carbocycles. The molecule has 2 aliphatic rings. The molecule has 2 aromatic carbocycles. The van der Waals surface area contributed by atoms with Crippen LogP contribution in [-0.2, 0) is 27.4 Å². The second-order valence-corrected chi connectivity index (χ2v) is 7.24. The van der Waals surface area contributed by atoms with Crippen molar-refractivity contribution in [2.24, 2.45) is 5.92 Å². The monoisotopic (exact) mass is 351 g/mol. The van der Waals surface area contributed by atoms with Gasteiger partial charge < -0.3 is 9.47 Å². The molecule has 4 heteroatoms. The summed E-state index contributed by atoms with van der Waals surface area (Å²) < 4.78 is 11.5. The Morgan fingerprint density at radius 2 is 1.69 bits per heavy atom. The first kappa shape index (κ1) is 17.3. The standard InChI is InChI=1S/C22H25NO3/c24-22-21-19(11-12-23(21)14-17-7-3-1-4-8-17)13-20(26-22)16-25-15-18-9-5-2-6-10-18/h1-10,19-21H,11-16H2/t19-,20+,21-/m0/s1. The molecule has 0 amide bonds. The summed E-state index contributed by atoms with van der Waals surface area (Å²) >= 11 is 0. The highest BCUT2D eigenvalue weighted by Gasteiger charge is 2.45. The fourth-order valence-electron chi connectivity index (χ4n) is 4.11. The van der Waals surface area contributed by atoms with Crippen LogP contribution in [0.3, 0.4) is 0 Å². The van der Waals surface area contributed by atoms with Gasteiger partial charge in [0.05, 0.1) is 13.2 Å². The first-order chi connectivity index (χ1) is 12.8. The van der Waals surface area contributed by atoms with E-state index in [9.17, 15) is 4.79 Å². The molecule has 2 saturated heterocycles. The third-order valence-electron chi connectivity index (χ3n) is 5.36. The number of fused-ring (bicyclic) bond motifs is 1. The van der Waals surface area contributed by atoms with Gasteiger partial charge in [-0.1, -0.05) is 60.7 Å². The van der Waals surface area contributed by atoms with Crippen molar-refractivity contribution in [1.82, 2.24) is 4.90 Å². The van der Waals surface area contributed by atoms with Crippen LogP contribution in [0.4, 0.5) is 0 Å². The largest absolute Gasteiger partial charge is 0.459 e. The van der Waals surface area contributed by atoms with Gasteiger partial charge >= 0.3 is 5.97 Å². The van der Waals surface area contributed by atoms with Gasteiger partial charge in [-0.05, 0) is 36.4 Å². The minimum absolute atomic E-state index is 0.0806.